The minimum Gasteiger partial charge on any atom is -0.399 e. The summed E-state index contributed by atoms with van der Waals surface area (Å²) in [5.41, 5.74) is 5.67. The van der Waals surface area contributed by atoms with E-state index < -0.39 is 16.0 Å². The lowest BCUT2D eigenvalue weighted by atomic mass is 10.3. The van der Waals surface area contributed by atoms with Gasteiger partial charge in [0, 0.05) is 12.6 Å². The van der Waals surface area contributed by atoms with Crippen LogP contribution in [0.3, 0.4) is 0 Å². The van der Waals surface area contributed by atoms with Crippen LogP contribution in [0.5, 0.6) is 0 Å². The van der Waals surface area contributed by atoms with Crippen molar-refractivity contribution in [2.75, 3.05) is 11.1 Å². The van der Waals surface area contributed by atoms with Crippen molar-refractivity contribution < 1.29 is 17.8 Å². The van der Waals surface area contributed by atoms with Gasteiger partial charge in [-0.15, -0.1) is 0 Å². The zero-order chi connectivity index (χ0) is 11.6. The first-order valence-corrected chi connectivity index (χ1v) is 5.39. The molecule has 0 radical (unpaired) electrons. The van der Waals surface area contributed by atoms with Gasteiger partial charge in [0.1, 0.15) is 4.90 Å². The first kappa shape index (κ1) is 11.5. The summed E-state index contributed by atoms with van der Waals surface area (Å²) in [7, 11) is -4.37. The van der Waals surface area contributed by atoms with E-state index in [0.717, 1.165) is 6.07 Å². The van der Waals surface area contributed by atoms with Crippen LogP contribution in [0.15, 0.2) is 23.1 Å². The van der Waals surface area contributed by atoms with Crippen molar-refractivity contribution in [1.82, 2.24) is 0 Å². The molecule has 1 aromatic rings. The molecule has 0 aliphatic carbocycles. The van der Waals surface area contributed by atoms with Gasteiger partial charge in [-0.3, -0.25) is 9.35 Å². The molecule has 0 fully saturated rings. The summed E-state index contributed by atoms with van der Waals surface area (Å²) < 4.78 is 30.7. The first-order valence-electron chi connectivity index (χ1n) is 3.95. The van der Waals surface area contributed by atoms with E-state index in [2.05, 4.69) is 5.32 Å². The summed E-state index contributed by atoms with van der Waals surface area (Å²) in [4.78, 5) is 10.4. The molecule has 0 saturated carbocycles. The van der Waals surface area contributed by atoms with Crippen LogP contribution in [0.1, 0.15) is 6.92 Å². The van der Waals surface area contributed by atoms with Crippen LogP contribution in [0.4, 0.5) is 11.4 Å². The molecule has 0 saturated heterocycles. The number of nitrogens with two attached hydrogens (primary N) is 1. The minimum atomic E-state index is -4.37. The molecule has 0 unspecified atom stereocenters. The molecule has 0 atom stereocenters. The summed E-state index contributed by atoms with van der Waals surface area (Å²) >= 11 is 0. The maximum Gasteiger partial charge on any atom is 0.296 e. The van der Waals surface area contributed by atoms with Gasteiger partial charge in [0.25, 0.3) is 10.1 Å². The fourth-order valence-corrected chi connectivity index (χ4v) is 1.69. The van der Waals surface area contributed by atoms with E-state index in [1.165, 1.54) is 19.1 Å². The third-order valence-corrected chi connectivity index (χ3v) is 2.50. The number of nitrogen functional groups attached to an aromatic ring is 1. The van der Waals surface area contributed by atoms with Gasteiger partial charge < -0.3 is 11.1 Å². The lowest BCUT2D eigenvalue weighted by Gasteiger charge is -2.07. The van der Waals surface area contributed by atoms with Crippen molar-refractivity contribution in [2.45, 2.75) is 11.8 Å². The second-order valence-electron chi connectivity index (χ2n) is 2.91. The topological polar surface area (TPSA) is 109 Å². The van der Waals surface area contributed by atoms with Crippen LogP contribution in [-0.2, 0) is 14.9 Å². The molecule has 0 bridgehead atoms. The Bertz CT molecular complexity index is 495. The molecular weight excluding hydrogens is 220 g/mol. The quantitative estimate of drug-likeness (QED) is 0.505. The van der Waals surface area contributed by atoms with Gasteiger partial charge >= 0.3 is 0 Å². The van der Waals surface area contributed by atoms with E-state index in [1.807, 2.05) is 0 Å². The van der Waals surface area contributed by atoms with Crippen molar-refractivity contribution in [3.63, 3.8) is 0 Å². The summed E-state index contributed by atoms with van der Waals surface area (Å²) in [5.74, 6) is -0.453. The number of rotatable bonds is 2. The van der Waals surface area contributed by atoms with Crippen molar-refractivity contribution in [2.24, 2.45) is 0 Å². The third kappa shape index (κ3) is 2.93. The van der Waals surface area contributed by atoms with Gasteiger partial charge in [-0.1, -0.05) is 0 Å². The molecule has 0 aliphatic heterocycles. The number of hydrogen-bond donors (Lipinski definition) is 3. The van der Waals surface area contributed by atoms with Crippen LogP contribution in [-0.4, -0.2) is 18.9 Å². The Morgan fingerprint density at radius 3 is 2.53 bits per heavy atom. The van der Waals surface area contributed by atoms with E-state index in [9.17, 15) is 13.2 Å². The molecule has 0 aromatic heterocycles. The predicted octanol–water partition coefficient (Wildman–Crippen LogP) is 0.474. The molecule has 82 valence electrons. The average Bonchev–Trinajstić information content (AvgIpc) is 1.99. The molecule has 4 N–H and O–H groups in total. The van der Waals surface area contributed by atoms with Gasteiger partial charge in [-0.2, -0.15) is 8.42 Å². The van der Waals surface area contributed by atoms with Crippen molar-refractivity contribution >= 4 is 27.4 Å². The summed E-state index contributed by atoms with van der Waals surface area (Å²) in [5, 5.41) is 2.26. The average molecular weight is 230 g/mol. The molecule has 0 heterocycles. The summed E-state index contributed by atoms with van der Waals surface area (Å²) in [6.45, 7) is 1.22. The molecule has 7 heteroatoms. The second-order valence-corrected chi connectivity index (χ2v) is 4.30. The zero-order valence-corrected chi connectivity index (χ0v) is 8.71. The van der Waals surface area contributed by atoms with Gasteiger partial charge in [-0.05, 0) is 18.2 Å². The maximum atomic E-state index is 10.9. The van der Waals surface area contributed by atoms with E-state index in [4.69, 9.17) is 10.3 Å². The number of nitrogens with one attached hydrogen (secondary N) is 1. The number of carbonyl (C=O) groups excluding carboxylic acids is 1. The van der Waals surface area contributed by atoms with E-state index in [0.29, 0.717) is 0 Å². The van der Waals surface area contributed by atoms with E-state index in [1.54, 1.807) is 0 Å². The lowest BCUT2D eigenvalue weighted by Crippen LogP contribution is -2.11. The molecule has 6 nitrogen and oxygen atoms in total. The predicted molar refractivity (Wildman–Crippen MR) is 55.0 cm³/mol. The zero-order valence-electron chi connectivity index (χ0n) is 7.89. The Balaban J connectivity index is 3.33. The SMILES string of the molecule is CC(=O)Nc1cc(N)ccc1S(=O)(=O)O. The standard InChI is InChI=1S/C8H10N2O4S/c1-5(11)10-7-4-6(9)2-3-8(7)15(12,13)14/h2-4H,9H2,1H3,(H,10,11)(H,12,13,14). The fourth-order valence-electron chi connectivity index (χ4n) is 1.06. The number of benzene rings is 1. The molecule has 1 rings (SSSR count). The van der Waals surface area contributed by atoms with Crippen LogP contribution >= 0.6 is 0 Å². The normalized spacial score (nSPS) is 11.1. The van der Waals surface area contributed by atoms with Gasteiger partial charge in [0.15, 0.2) is 0 Å². The lowest BCUT2D eigenvalue weighted by molar-refractivity contribution is -0.114. The minimum absolute atomic E-state index is 0.0370. The number of hydrogen-bond acceptors (Lipinski definition) is 4. The van der Waals surface area contributed by atoms with Crippen LogP contribution in [0.25, 0.3) is 0 Å². The summed E-state index contributed by atoms with van der Waals surface area (Å²) in [6.07, 6.45) is 0. The highest BCUT2D eigenvalue weighted by molar-refractivity contribution is 7.86. The Hall–Kier alpha value is -1.60. The Morgan fingerprint density at radius 1 is 1.47 bits per heavy atom. The van der Waals surface area contributed by atoms with Crippen LogP contribution in [0.2, 0.25) is 0 Å². The second kappa shape index (κ2) is 3.87. The Labute approximate surface area is 86.8 Å². The molecular formula is C8H10N2O4S. The van der Waals surface area contributed by atoms with E-state index in [-0.39, 0.29) is 16.3 Å². The van der Waals surface area contributed by atoms with Gasteiger partial charge in [0.2, 0.25) is 5.91 Å². The molecule has 0 aliphatic rings. The van der Waals surface area contributed by atoms with Crippen LogP contribution in [0, 0.1) is 0 Å². The largest absolute Gasteiger partial charge is 0.399 e. The Kier molecular flexibility index (Phi) is 2.96. The number of carbonyl (C=O) groups is 1. The number of anilines is 2. The van der Waals surface area contributed by atoms with Gasteiger partial charge in [-0.25, -0.2) is 0 Å². The summed E-state index contributed by atoms with van der Waals surface area (Å²) in [6, 6.07) is 3.69. The van der Waals surface area contributed by atoms with Crippen molar-refractivity contribution in [3.05, 3.63) is 18.2 Å². The van der Waals surface area contributed by atoms with Crippen molar-refractivity contribution in [3.8, 4) is 0 Å². The van der Waals surface area contributed by atoms with Gasteiger partial charge in [0.05, 0.1) is 5.69 Å². The molecule has 15 heavy (non-hydrogen) atoms. The smallest absolute Gasteiger partial charge is 0.296 e. The number of amides is 1. The highest BCUT2D eigenvalue weighted by atomic mass is 32.2. The molecule has 1 aromatic carbocycles. The van der Waals surface area contributed by atoms with E-state index >= 15 is 0 Å². The molecule has 1 amide bonds. The first-order chi connectivity index (χ1) is 6.80. The Morgan fingerprint density at radius 2 is 2.07 bits per heavy atom. The highest BCUT2D eigenvalue weighted by Gasteiger charge is 2.16. The third-order valence-electron chi connectivity index (χ3n) is 1.59. The van der Waals surface area contributed by atoms with Crippen molar-refractivity contribution in [1.29, 1.82) is 0 Å². The monoisotopic (exact) mass is 230 g/mol. The fraction of sp³-hybridized carbons (Fsp3) is 0.125. The maximum absolute atomic E-state index is 10.9. The van der Waals surface area contributed by atoms with Crippen LogP contribution < -0.4 is 11.1 Å². The molecule has 0 spiro atoms. The highest BCUT2D eigenvalue weighted by Crippen LogP contribution is 2.23.